The van der Waals surface area contributed by atoms with E-state index in [1.807, 2.05) is 24.3 Å². The van der Waals surface area contributed by atoms with Crippen molar-refractivity contribution in [2.24, 2.45) is 0 Å². The SMILES string of the molecule is Clc1cc(Br)ccc1CN1CCOc2ccccc2C1. The third kappa shape index (κ3) is 3.17. The summed E-state index contributed by atoms with van der Waals surface area (Å²) in [7, 11) is 0. The molecule has 0 unspecified atom stereocenters. The van der Waals surface area contributed by atoms with Gasteiger partial charge in [0.05, 0.1) is 0 Å². The number of hydrogen-bond donors (Lipinski definition) is 0. The lowest BCUT2D eigenvalue weighted by molar-refractivity contribution is 0.219. The van der Waals surface area contributed by atoms with E-state index in [-0.39, 0.29) is 0 Å². The first-order chi connectivity index (χ1) is 9.72. The lowest BCUT2D eigenvalue weighted by Crippen LogP contribution is -2.25. The van der Waals surface area contributed by atoms with E-state index in [4.69, 9.17) is 16.3 Å². The molecule has 0 saturated carbocycles. The molecule has 2 nitrogen and oxygen atoms in total. The van der Waals surface area contributed by atoms with Crippen LogP contribution in [0.3, 0.4) is 0 Å². The predicted molar refractivity (Wildman–Crippen MR) is 85.2 cm³/mol. The van der Waals surface area contributed by atoms with Crippen LogP contribution in [-0.2, 0) is 13.1 Å². The Hall–Kier alpha value is -1.03. The molecular weight excluding hydrogens is 338 g/mol. The molecule has 0 aromatic heterocycles. The highest BCUT2D eigenvalue weighted by molar-refractivity contribution is 9.10. The van der Waals surface area contributed by atoms with Gasteiger partial charge in [-0.1, -0.05) is 51.8 Å². The topological polar surface area (TPSA) is 12.5 Å². The number of ether oxygens (including phenoxy) is 1. The van der Waals surface area contributed by atoms with Crippen LogP contribution in [0.25, 0.3) is 0 Å². The molecule has 0 saturated heterocycles. The third-order valence-corrected chi connectivity index (χ3v) is 4.29. The Morgan fingerprint density at radius 1 is 1.20 bits per heavy atom. The molecule has 4 heteroatoms. The van der Waals surface area contributed by atoms with Crippen LogP contribution in [-0.4, -0.2) is 18.1 Å². The summed E-state index contributed by atoms with van der Waals surface area (Å²) in [6, 6.07) is 14.3. The monoisotopic (exact) mass is 351 g/mol. The van der Waals surface area contributed by atoms with Crippen LogP contribution in [0.2, 0.25) is 5.02 Å². The second-order valence-electron chi connectivity index (χ2n) is 4.90. The summed E-state index contributed by atoms with van der Waals surface area (Å²) in [6.07, 6.45) is 0. The molecule has 1 heterocycles. The van der Waals surface area contributed by atoms with E-state index in [1.165, 1.54) is 5.56 Å². The molecular formula is C16H15BrClNO. The molecule has 0 bridgehead atoms. The molecule has 1 aliphatic rings. The molecule has 0 aliphatic carbocycles. The minimum Gasteiger partial charge on any atom is -0.492 e. The van der Waals surface area contributed by atoms with Crippen LogP contribution in [0.15, 0.2) is 46.9 Å². The van der Waals surface area contributed by atoms with E-state index in [0.29, 0.717) is 6.61 Å². The maximum atomic E-state index is 6.30. The molecule has 0 amide bonds. The first-order valence-corrected chi connectivity index (χ1v) is 7.76. The van der Waals surface area contributed by atoms with E-state index in [9.17, 15) is 0 Å². The molecule has 0 fully saturated rings. The van der Waals surface area contributed by atoms with Gasteiger partial charge in [0.2, 0.25) is 0 Å². The zero-order chi connectivity index (χ0) is 13.9. The maximum Gasteiger partial charge on any atom is 0.123 e. The van der Waals surface area contributed by atoms with Crippen molar-refractivity contribution in [2.75, 3.05) is 13.2 Å². The second-order valence-corrected chi connectivity index (χ2v) is 6.23. The largest absolute Gasteiger partial charge is 0.492 e. The molecule has 20 heavy (non-hydrogen) atoms. The Labute approximate surface area is 132 Å². The summed E-state index contributed by atoms with van der Waals surface area (Å²) in [5.41, 5.74) is 2.38. The fraction of sp³-hybridized carbons (Fsp3) is 0.250. The summed E-state index contributed by atoms with van der Waals surface area (Å²) in [6.45, 7) is 3.35. The number of para-hydroxylation sites is 1. The number of halogens is 2. The molecule has 0 N–H and O–H groups in total. The van der Waals surface area contributed by atoms with Gasteiger partial charge in [0.25, 0.3) is 0 Å². The first-order valence-electron chi connectivity index (χ1n) is 6.59. The molecule has 104 valence electrons. The fourth-order valence-electron chi connectivity index (χ4n) is 2.41. The molecule has 0 atom stereocenters. The maximum absolute atomic E-state index is 6.30. The van der Waals surface area contributed by atoms with Gasteiger partial charge < -0.3 is 4.74 Å². The zero-order valence-electron chi connectivity index (χ0n) is 11.0. The van der Waals surface area contributed by atoms with E-state index in [2.05, 4.69) is 39.0 Å². The molecule has 0 spiro atoms. The van der Waals surface area contributed by atoms with Crippen molar-refractivity contribution in [3.63, 3.8) is 0 Å². The van der Waals surface area contributed by atoms with Gasteiger partial charge in [-0.05, 0) is 23.8 Å². The summed E-state index contributed by atoms with van der Waals surface area (Å²) in [5, 5.41) is 0.804. The Morgan fingerprint density at radius 2 is 2.05 bits per heavy atom. The van der Waals surface area contributed by atoms with Crippen LogP contribution in [0.4, 0.5) is 0 Å². The van der Waals surface area contributed by atoms with Crippen LogP contribution < -0.4 is 4.74 Å². The van der Waals surface area contributed by atoms with Crippen molar-refractivity contribution >= 4 is 27.5 Å². The number of fused-ring (bicyclic) bond motifs is 1. The minimum atomic E-state index is 0.713. The smallest absolute Gasteiger partial charge is 0.123 e. The first kappa shape index (κ1) is 13.9. The highest BCUT2D eigenvalue weighted by Crippen LogP contribution is 2.26. The fourth-order valence-corrected chi connectivity index (χ4v) is 3.14. The summed E-state index contributed by atoms with van der Waals surface area (Å²) < 4.78 is 6.79. The predicted octanol–water partition coefficient (Wildman–Crippen LogP) is 4.50. The summed E-state index contributed by atoms with van der Waals surface area (Å²) in [4.78, 5) is 2.36. The standard InChI is InChI=1S/C16H15BrClNO/c17-14-6-5-12(15(18)9-14)10-19-7-8-20-16-4-2-1-3-13(16)11-19/h1-6,9H,7-8,10-11H2. The van der Waals surface area contributed by atoms with Gasteiger partial charge in [0.1, 0.15) is 12.4 Å². The van der Waals surface area contributed by atoms with Gasteiger partial charge >= 0.3 is 0 Å². The van der Waals surface area contributed by atoms with Crippen LogP contribution in [0, 0.1) is 0 Å². The van der Waals surface area contributed by atoms with Gasteiger partial charge in [-0.25, -0.2) is 0 Å². The van der Waals surface area contributed by atoms with Crippen molar-refractivity contribution in [1.82, 2.24) is 4.90 Å². The number of rotatable bonds is 2. The quantitative estimate of drug-likeness (QED) is 0.789. The Morgan fingerprint density at radius 3 is 2.90 bits per heavy atom. The average Bonchev–Trinajstić information content (AvgIpc) is 2.63. The van der Waals surface area contributed by atoms with Crippen LogP contribution >= 0.6 is 27.5 Å². The second kappa shape index (κ2) is 6.17. The molecule has 3 rings (SSSR count). The average molecular weight is 353 g/mol. The third-order valence-electron chi connectivity index (χ3n) is 3.44. The normalized spacial score (nSPS) is 15.3. The molecule has 2 aromatic rings. The van der Waals surface area contributed by atoms with Gasteiger partial charge in [-0.3, -0.25) is 4.90 Å². The van der Waals surface area contributed by atoms with Crippen molar-refractivity contribution in [3.05, 3.63) is 63.1 Å². The minimum absolute atomic E-state index is 0.713. The lowest BCUT2D eigenvalue weighted by atomic mass is 10.1. The number of benzene rings is 2. The highest BCUT2D eigenvalue weighted by Gasteiger charge is 2.16. The van der Waals surface area contributed by atoms with E-state index in [0.717, 1.165) is 40.4 Å². The number of nitrogens with zero attached hydrogens (tertiary/aromatic N) is 1. The molecule has 0 radical (unpaired) electrons. The van der Waals surface area contributed by atoms with Gasteiger partial charge in [0.15, 0.2) is 0 Å². The lowest BCUT2D eigenvalue weighted by Gasteiger charge is -2.20. The number of hydrogen-bond acceptors (Lipinski definition) is 2. The summed E-state index contributed by atoms with van der Waals surface area (Å²) >= 11 is 9.74. The van der Waals surface area contributed by atoms with Crippen LogP contribution in [0.1, 0.15) is 11.1 Å². The van der Waals surface area contributed by atoms with Crippen LogP contribution in [0.5, 0.6) is 5.75 Å². The van der Waals surface area contributed by atoms with Crippen molar-refractivity contribution in [2.45, 2.75) is 13.1 Å². The van der Waals surface area contributed by atoms with Gasteiger partial charge in [-0.15, -0.1) is 0 Å². The van der Waals surface area contributed by atoms with E-state index in [1.54, 1.807) is 0 Å². The zero-order valence-corrected chi connectivity index (χ0v) is 13.3. The van der Waals surface area contributed by atoms with E-state index < -0.39 is 0 Å². The summed E-state index contributed by atoms with van der Waals surface area (Å²) in [5.74, 6) is 0.997. The molecule has 1 aliphatic heterocycles. The Bertz CT molecular complexity index is 617. The van der Waals surface area contributed by atoms with Gasteiger partial charge in [-0.2, -0.15) is 0 Å². The van der Waals surface area contributed by atoms with Gasteiger partial charge in [0, 0.05) is 34.7 Å². The highest BCUT2D eigenvalue weighted by atomic mass is 79.9. The Kier molecular flexibility index (Phi) is 4.29. The Balaban J connectivity index is 1.78. The van der Waals surface area contributed by atoms with Crippen molar-refractivity contribution < 1.29 is 4.74 Å². The molecule has 2 aromatic carbocycles. The van der Waals surface area contributed by atoms with Crippen molar-refractivity contribution in [3.8, 4) is 5.75 Å². The van der Waals surface area contributed by atoms with Crippen molar-refractivity contribution in [1.29, 1.82) is 0 Å². The van der Waals surface area contributed by atoms with E-state index >= 15 is 0 Å².